The highest BCUT2D eigenvalue weighted by atomic mass is 32.2. The van der Waals surface area contributed by atoms with Gasteiger partial charge in [-0.25, -0.2) is 0 Å². The van der Waals surface area contributed by atoms with Gasteiger partial charge in [-0.2, -0.15) is 0 Å². The van der Waals surface area contributed by atoms with Crippen LogP contribution in [0.25, 0.3) is 6.08 Å². The van der Waals surface area contributed by atoms with Crippen molar-refractivity contribution in [1.82, 2.24) is 4.90 Å². The smallest absolute Gasteiger partial charge is 0.294 e. The van der Waals surface area contributed by atoms with E-state index in [9.17, 15) is 14.4 Å². The van der Waals surface area contributed by atoms with Gasteiger partial charge in [0.1, 0.15) is 12.3 Å². The Bertz CT molecular complexity index is 1020. The fraction of sp³-hybridized carbons (Fsp3) is 0.150. The molecule has 29 heavy (non-hydrogen) atoms. The number of benzene rings is 2. The molecule has 0 bridgehead atoms. The van der Waals surface area contributed by atoms with Crippen molar-refractivity contribution in [1.29, 1.82) is 0 Å². The van der Waals surface area contributed by atoms with E-state index >= 15 is 0 Å². The molecule has 8 nitrogen and oxygen atoms in total. The number of rotatable bonds is 5. The van der Waals surface area contributed by atoms with Crippen molar-refractivity contribution in [3.05, 3.63) is 52.9 Å². The number of methoxy groups -OCH3 is 1. The molecule has 0 aliphatic carbocycles. The van der Waals surface area contributed by atoms with Gasteiger partial charge in [-0.15, -0.1) is 0 Å². The highest BCUT2D eigenvalue weighted by Gasteiger charge is 2.36. The van der Waals surface area contributed by atoms with Crippen molar-refractivity contribution < 1.29 is 28.6 Å². The fourth-order valence-electron chi connectivity index (χ4n) is 2.87. The summed E-state index contributed by atoms with van der Waals surface area (Å²) in [6.07, 6.45) is 1.54. The number of imide groups is 1. The average Bonchev–Trinajstić information content (AvgIpc) is 3.27. The molecule has 1 fully saturated rings. The first-order chi connectivity index (χ1) is 14.0. The first kappa shape index (κ1) is 18.9. The lowest BCUT2D eigenvalue weighted by atomic mass is 10.1. The molecule has 0 radical (unpaired) electrons. The van der Waals surface area contributed by atoms with E-state index in [1.165, 1.54) is 7.11 Å². The van der Waals surface area contributed by atoms with Crippen LogP contribution in [-0.4, -0.2) is 42.4 Å². The number of anilines is 1. The Morgan fingerprint density at radius 2 is 1.93 bits per heavy atom. The largest absolute Gasteiger partial charge is 0.496 e. The second kappa shape index (κ2) is 7.88. The molecule has 0 spiro atoms. The molecule has 1 saturated heterocycles. The number of carbonyl (C=O) groups is 3. The van der Waals surface area contributed by atoms with E-state index < -0.39 is 17.1 Å². The minimum Gasteiger partial charge on any atom is -0.496 e. The van der Waals surface area contributed by atoms with Gasteiger partial charge in [-0.3, -0.25) is 19.3 Å². The van der Waals surface area contributed by atoms with Gasteiger partial charge in [0.2, 0.25) is 12.7 Å². The lowest BCUT2D eigenvalue weighted by Crippen LogP contribution is -2.36. The van der Waals surface area contributed by atoms with Gasteiger partial charge in [-0.05, 0) is 36.0 Å². The molecule has 2 heterocycles. The summed E-state index contributed by atoms with van der Waals surface area (Å²) in [7, 11) is 1.49. The number of amides is 3. The number of fused-ring (bicyclic) bond motifs is 1. The van der Waals surface area contributed by atoms with E-state index in [4.69, 9.17) is 14.2 Å². The third-order valence-corrected chi connectivity index (χ3v) is 5.15. The first-order valence-electron chi connectivity index (χ1n) is 8.63. The maximum absolute atomic E-state index is 12.7. The Morgan fingerprint density at radius 3 is 2.66 bits per heavy atom. The highest BCUT2D eigenvalue weighted by molar-refractivity contribution is 8.18. The fourth-order valence-corrected chi connectivity index (χ4v) is 3.70. The molecule has 2 aliphatic heterocycles. The van der Waals surface area contributed by atoms with Crippen LogP contribution in [0.3, 0.4) is 0 Å². The van der Waals surface area contributed by atoms with Crippen molar-refractivity contribution in [3.8, 4) is 17.2 Å². The summed E-state index contributed by atoms with van der Waals surface area (Å²) >= 11 is 0.768. The third-order valence-electron chi connectivity index (χ3n) is 4.24. The molecule has 148 valence electrons. The average molecular weight is 412 g/mol. The molecular formula is C20H16N2O6S. The second-order valence-corrected chi connectivity index (χ2v) is 7.12. The standard InChI is InChI=1S/C20H16N2O6S/c1-26-14-9-16-15(27-11-28-16)7-12(14)8-17-19(24)22(20(25)29-17)10-18(23)21-13-5-3-2-4-6-13/h2-9H,10-11H2,1H3,(H,21,23)/b17-8+. The second-order valence-electron chi connectivity index (χ2n) is 6.13. The Morgan fingerprint density at radius 1 is 1.21 bits per heavy atom. The van der Waals surface area contributed by atoms with E-state index in [0.29, 0.717) is 28.5 Å². The minimum atomic E-state index is -0.539. The summed E-state index contributed by atoms with van der Waals surface area (Å²) in [5, 5.41) is 2.15. The van der Waals surface area contributed by atoms with Crippen molar-refractivity contribution in [2.45, 2.75) is 0 Å². The number of carbonyl (C=O) groups excluding carboxylic acids is 3. The van der Waals surface area contributed by atoms with Crippen LogP contribution < -0.4 is 19.5 Å². The normalized spacial score (nSPS) is 16.4. The van der Waals surface area contributed by atoms with Gasteiger partial charge in [0.15, 0.2) is 11.5 Å². The molecule has 0 atom stereocenters. The van der Waals surface area contributed by atoms with Crippen LogP contribution in [-0.2, 0) is 9.59 Å². The number of nitrogens with zero attached hydrogens (tertiary/aromatic N) is 1. The van der Waals surface area contributed by atoms with E-state index in [1.807, 2.05) is 6.07 Å². The van der Waals surface area contributed by atoms with E-state index in [2.05, 4.69) is 5.32 Å². The van der Waals surface area contributed by atoms with E-state index in [-0.39, 0.29) is 18.2 Å². The van der Waals surface area contributed by atoms with Gasteiger partial charge >= 0.3 is 0 Å². The van der Waals surface area contributed by atoms with Crippen LogP contribution in [0.4, 0.5) is 10.5 Å². The van der Waals surface area contributed by atoms with Crippen LogP contribution in [0, 0.1) is 0 Å². The molecule has 4 rings (SSSR count). The molecular weight excluding hydrogens is 396 g/mol. The molecule has 0 aromatic heterocycles. The summed E-state index contributed by atoms with van der Waals surface area (Å²) in [4.78, 5) is 38.3. The molecule has 2 aromatic rings. The summed E-state index contributed by atoms with van der Waals surface area (Å²) < 4.78 is 16.0. The van der Waals surface area contributed by atoms with E-state index in [0.717, 1.165) is 16.7 Å². The quantitative estimate of drug-likeness (QED) is 0.754. The van der Waals surface area contributed by atoms with Gasteiger partial charge in [0.25, 0.3) is 11.1 Å². The van der Waals surface area contributed by atoms with Crippen LogP contribution in [0.15, 0.2) is 47.4 Å². The van der Waals surface area contributed by atoms with Gasteiger partial charge < -0.3 is 19.5 Å². The van der Waals surface area contributed by atoms with Crippen molar-refractivity contribution in [3.63, 3.8) is 0 Å². The predicted molar refractivity (Wildman–Crippen MR) is 107 cm³/mol. The maximum Gasteiger partial charge on any atom is 0.294 e. The van der Waals surface area contributed by atoms with Gasteiger partial charge in [0.05, 0.1) is 12.0 Å². The number of ether oxygens (including phenoxy) is 3. The summed E-state index contributed by atoms with van der Waals surface area (Å²) in [6, 6.07) is 12.1. The maximum atomic E-state index is 12.7. The topological polar surface area (TPSA) is 94.2 Å². The van der Waals surface area contributed by atoms with Crippen molar-refractivity contribution in [2.75, 3.05) is 25.8 Å². The number of thioether (sulfide) groups is 1. The molecule has 3 amide bonds. The zero-order valence-corrected chi connectivity index (χ0v) is 16.2. The lowest BCUT2D eigenvalue weighted by Gasteiger charge is -2.12. The monoisotopic (exact) mass is 412 g/mol. The number of para-hydroxylation sites is 1. The van der Waals surface area contributed by atoms with Crippen LogP contribution >= 0.6 is 11.8 Å². The molecule has 0 unspecified atom stereocenters. The molecule has 1 N–H and O–H groups in total. The Hall–Kier alpha value is -3.46. The third kappa shape index (κ3) is 3.90. The van der Waals surface area contributed by atoms with Gasteiger partial charge in [-0.1, -0.05) is 18.2 Å². The molecule has 2 aromatic carbocycles. The zero-order valence-electron chi connectivity index (χ0n) is 15.3. The lowest BCUT2D eigenvalue weighted by molar-refractivity contribution is -0.127. The zero-order chi connectivity index (χ0) is 20.4. The summed E-state index contributed by atoms with van der Waals surface area (Å²) in [6.45, 7) is -0.260. The number of hydrogen-bond donors (Lipinski definition) is 1. The molecule has 2 aliphatic rings. The van der Waals surface area contributed by atoms with E-state index in [1.54, 1.807) is 42.5 Å². The first-order valence-corrected chi connectivity index (χ1v) is 9.44. The van der Waals surface area contributed by atoms with Gasteiger partial charge in [0, 0.05) is 17.3 Å². The Kier molecular flexibility index (Phi) is 5.13. The Labute approximate surface area is 170 Å². The number of nitrogens with one attached hydrogen (secondary N) is 1. The van der Waals surface area contributed by atoms with Crippen LogP contribution in [0.1, 0.15) is 5.56 Å². The number of hydrogen-bond acceptors (Lipinski definition) is 7. The summed E-state index contributed by atoms with van der Waals surface area (Å²) in [5.41, 5.74) is 1.15. The van der Waals surface area contributed by atoms with Crippen molar-refractivity contribution >= 4 is 40.6 Å². The van der Waals surface area contributed by atoms with Crippen LogP contribution in [0.5, 0.6) is 17.2 Å². The predicted octanol–water partition coefficient (Wildman–Crippen LogP) is 3.10. The summed E-state index contributed by atoms with van der Waals surface area (Å²) in [5.74, 6) is 0.550. The van der Waals surface area contributed by atoms with Crippen molar-refractivity contribution in [2.24, 2.45) is 0 Å². The van der Waals surface area contributed by atoms with Crippen LogP contribution in [0.2, 0.25) is 0 Å². The Balaban J connectivity index is 1.52. The molecule has 9 heteroatoms. The highest BCUT2D eigenvalue weighted by Crippen LogP contribution is 2.40. The SMILES string of the molecule is COc1cc2c(cc1/C=C1/SC(=O)N(CC(=O)Nc3ccccc3)C1=O)OCO2. The minimum absolute atomic E-state index is 0.106. The molecule has 0 saturated carbocycles.